The van der Waals surface area contributed by atoms with Crippen molar-refractivity contribution in [3.63, 3.8) is 0 Å². The van der Waals surface area contributed by atoms with Crippen molar-refractivity contribution in [2.75, 3.05) is 13.1 Å². The van der Waals surface area contributed by atoms with Crippen LogP contribution in [-0.4, -0.2) is 28.9 Å². The molecule has 1 aromatic carbocycles. The number of benzene rings is 1. The Balaban J connectivity index is 2.35. The monoisotopic (exact) mass is 256 g/mol. The third-order valence-corrected chi connectivity index (χ3v) is 3.35. The molecule has 0 atom stereocenters. The molecule has 0 aliphatic rings. The maximum atomic E-state index is 12.6. The fourth-order valence-corrected chi connectivity index (χ4v) is 2.21. The van der Waals surface area contributed by atoms with Gasteiger partial charge < -0.3 is 4.90 Å². The van der Waals surface area contributed by atoms with Crippen LogP contribution in [-0.2, 0) is 0 Å². The minimum Gasteiger partial charge on any atom is -0.339 e. The number of fused-ring (bicyclic) bond motifs is 1. The number of amides is 1. The van der Waals surface area contributed by atoms with E-state index in [0.717, 1.165) is 36.7 Å². The number of carbonyl (C=O) groups excluding carboxylic acids is 1. The molecule has 1 heterocycles. The molecule has 0 N–H and O–H groups in total. The zero-order valence-corrected chi connectivity index (χ0v) is 11.6. The van der Waals surface area contributed by atoms with Gasteiger partial charge in [-0.3, -0.25) is 9.78 Å². The van der Waals surface area contributed by atoms with Gasteiger partial charge >= 0.3 is 0 Å². The second kappa shape index (κ2) is 6.32. The number of rotatable bonds is 5. The molecule has 19 heavy (non-hydrogen) atoms. The summed E-state index contributed by atoms with van der Waals surface area (Å²) in [4.78, 5) is 18.7. The van der Waals surface area contributed by atoms with Gasteiger partial charge in [-0.1, -0.05) is 37.6 Å². The van der Waals surface area contributed by atoms with Crippen LogP contribution in [0.2, 0.25) is 0 Å². The molecule has 3 nitrogen and oxygen atoms in total. The van der Waals surface area contributed by atoms with Crippen LogP contribution in [0.4, 0.5) is 0 Å². The van der Waals surface area contributed by atoms with Gasteiger partial charge in [-0.25, -0.2) is 0 Å². The summed E-state index contributed by atoms with van der Waals surface area (Å²) in [6.45, 7) is 5.71. The summed E-state index contributed by atoms with van der Waals surface area (Å²) in [5.74, 6) is 0.0836. The summed E-state index contributed by atoms with van der Waals surface area (Å²) in [7, 11) is 0. The van der Waals surface area contributed by atoms with Crippen LogP contribution in [0.25, 0.3) is 10.8 Å². The maximum Gasteiger partial charge on any atom is 0.256 e. The molecule has 3 heteroatoms. The number of carbonyl (C=O) groups is 1. The van der Waals surface area contributed by atoms with Gasteiger partial charge in [0, 0.05) is 30.9 Å². The van der Waals surface area contributed by atoms with Gasteiger partial charge in [-0.15, -0.1) is 0 Å². The Morgan fingerprint density at radius 3 is 2.74 bits per heavy atom. The first kappa shape index (κ1) is 13.5. The number of pyridine rings is 1. The van der Waals surface area contributed by atoms with E-state index in [9.17, 15) is 4.79 Å². The van der Waals surface area contributed by atoms with E-state index in [1.165, 1.54) is 0 Å². The van der Waals surface area contributed by atoms with Crippen molar-refractivity contribution in [2.45, 2.75) is 26.7 Å². The molecular formula is C16H20N2O. The highest BCUT2D eigenvalue weighted by Gasteiger charge is 2.16. The van der Waals surface area contributed by atoms with Gasteiger partial charge in [0.2, 0.25) is 0 Å². The molecule has 0 radical (unpaired) electrons. The summed E-state index contributed by atoms with van der Waals surface area (Å²) in [6, 6.07) is 7.90. The molecular weight excluding hydrogens is 236 g/mol. The molecule has 0 saturated heterocycles. The molecule has 2 rings (SSSR count). The lowest BCUT2D eigenvalue weighted by Gasteiger charge is -2.21. The highest BCUT2D eigenvalue weighted by Crippen LogP contribution is 2.18. The van der Waals surface area contributed by atoms with E-state index in [-0.39, 0.29) is 5.91 Å². The molecule has 100 valence electrons. The fraction of sp³-hybridized carbons (Fsp3) is 0.375. The molecule has 2 aromatic rings. The van der Waals surface area contributed by atoms with Crippen LogP contribution in [0.3, 0.4) is 0 Å². The smallest absolute Gasteiger partial charge is 0.256 e. The largest absolute Gasteiger partial charge is 0.339 e. The van der Waals surface area contributed by atoms with Gasteiger partial charge in [-0.2, -0.15) is 0 Å². The SMILES string of the molecule is CCCCN(CC)C(=O)c1cncc2ccccc12. The highest BCUT2D eigenvalue weighted by molar-refractivity contribution is 6.06. The van der Waals surface area contributed by atoms with Crippen LogP contribution in [0.5, 0.6) is 0 Å². The molecule has 0 unspecified atom stereocenters. The van der Waals surface area contributed by atoms with E-state index in [0.29, 0.717) is 5.56 Å². The van der Waals surface area contributed by atoms with Crippen LogP contribution >= 0.6 is 0 Å². The minimum absolute atomic E-state index is 0.0836. The number of hydrogen-bond acceptors (Lipinski definition) is 2. The zero-order chi connectivity index (χ0) is 13.7. The number of unbranched alkanes of at least 4 members (excludes halogenated alkanes) is 1. The van der Waals surface area contributed by atoms with Gasteiger partial charge in [0.25, 0.3) is 5.91 Å². The molecule has 0 saturated carbocycles. The minimum atomic E-state index is 0.0836. The maximum absolute atomic E-state index is 12.6. The van der Waals surface area contributed by atoms with Crippen LogP contribution in [0, 0.1) is 0 Å². The summed E-state index contributed by atoms with van der Waals surface area (Å²) in [5, 5.41) is 2.00. The predicted octanol–water partition coefficient (Wildman–Crippen LogP) is 3.50. The average Bonchev–Trinajstić information content (AvgIpc) is 2.47. The summed E-state index contributed by atoms with van der Waals surface area (Å²) in [5.41, 5.74) is 0.705. The van der Waals surface area contributed by atoms with E-state index in [2.05, 4.69) is 11.9 Å². The molecule has 1 amide bonds. The third-order valence-electron chi connectivity index (χ3n) is 3.35. The lowest BCUT2D eigenvalue weighted by atomic mass is 10.1. The second-order valence-corrected chi connectivity index (χ2v) is 4.65. The molecule has 0 spiro atoms. The normalized spacial score (nSPS) is 10.6. The highest BCUT2D eigenvalue weighted by atomic mass is 16.2. The number of hydrogen-bond donors (Lipinski definition) is 0. The number of nitrogens with zero attached hydrogens (tertiary/aromatic N) is 2. The molecule has 1 aromatic heterocycles. The topological polar surface area (TPSA) is 33.2 Å². The predicted molar refractivity (Wildman–Crippen MR) is 78.2 cm³/mol. The second-order valence-electron chi connectivity index (χ2n) is 4.65. The first-order valence-corrected chi connectivity index (χ1v) is 6.90. The Labute approximate surface area is 114 Å². The summed E-state index contributed by atoms with van der Waals surface area (Å²) >= 11 is 0. The standard InChI is InChI=1S/C16H20N2O/c1-3-5-10-18(4-2)16(19)15-12-17-11-13-8-6-7-9-14(13)15/h6-9,11-12H,3-5,10H2,1-2H3. The first-order valence-electron chi connectivity index (χ1n) is 6.90. The van der Waals surface area contributed by atoms with Crippen LogP contribution in [0.15, 0.2) is 36.7 Å². The molecule has 0 bridgehead atoms. The van der Waals surface area contributed by atoms with E-state index in [1.807, 2.05) is 36.1 Å². The van der Waals surface area contributed by atoms with Crippen molar-refractivity contribution in [1.29, 1.82) is 0 Å². The molecule has 0 aliphatic carbocycles. The van der Waals surface area contributed by atoms with Crippen molar-refractivity contribution < 1.29 is 4.79 Å². The molecule has 0 aliphatic heterocycles. The van der Waals surface area contributed by atoms with E-state index < -0.39 is 0 Å². The zero-order valence-electron chi connectivity index (χ0n) is 11.6. The van der Waals surface area contributed by atoms with E-state index in [1.54, 1.807) is 12.4 Å². The Hall–Kier alpha value is -1.90. The van der Waals surface area contributed by atoms with Gasteiger partial charge in [0.15, 0.2) is 0 Å². The Morgan fingerprint density at radius 1 is 1.21 bits per heavy atom. The van der Waals surface area contributed by atoms with Crippen molar-refractivity contribution >= 4 is 16.7 Å². The van der Waals surface area contributed by atoms with Gasteiger partial charge in [-0.05, 0) is 18.7 Å². The van der Waals surface area contributed by atoms with Crippen LogP contribution in [0.1, 0.15) is 37.0 Å². The van der Waals surface area contributed by atoms with E-state index in [4.69, 9.17) is 0 Å². The van der Waals surface area contributed by atoms with Crippen molar-refractivity contribution in [1.82, 2.24) is 9.88 Å². The summed E-state index contributed by atoms with van der Waals surface area (Å²) < 4.78 is 0. The van der Waals surface area contributed by atoms with Crippen LogP contribution < -0.4 is 0 Å². The van der Waals surface area contributed by atoms with Crippen molar-refractivity contribution in [3.05, 3.63) is 42.2 Å². The lowest BCUT2D eigenvalue weighted by molar-refractivity contribution is 0.0764. The first-order chi connectivity index (χ1) is 9.27. The average molecular weight is 256 g/mol. The fourth-order valence-electron chi connectivity index (χ4n) is 2.21. The van der Waals surface area contributed by atoms with Gasteiger partial charge in [0.05, 0.1) is 5.56 Å². The Bertz CT molecular complexity index is 560. The van der Waals surface area contributed by atoms with Crippen molar-refractivity contribution in [3.8, 4) is 0 Å². The third kappa shape index (κ3) is 2.92. The number of aromatic nitrogens is 1. The molecule has 0 fully saturated rings. The Kier molecular flexibility index (Phi) is 4.50. The summed E-state index contributed by atoms with van der Waals surface area (Å²) in [6.07, 6.45) is 5.61. The quantitative estimate of drug-likeness (QED) is 0.820. The lowest BCUT2D eigenvalue weighted by Crippen LogP contribution is -2.31. The Morgan fingerprint density at radius 2 is 2.00 bits per heavy atom. The van der Waals surface area contributed by atoms with E-state index >= 15 is 0 Å². The van der Waals surface area contributed by atoms with Gasteiger partial charge in [0.1, 0.15) is 0 Å². The van der Waals surface area contributed by atoms with Crippen molar-refractivity contribution in [2.24, 2.45) is 0 Å².